The van der Waals surface area contributed by atoms with Crippen molar-refractivity contribution in [2.75, 3.05) is 13.2 Å². The van der Waals surface area contributed by atoms with Gasteiger partial charge in [0.25, 0.3) is 0 Å². The lowest BCUT2D eigenvalue weighted by molar-refractivity contribution is -0.154. The highest BCUT2D eigenvalue weighted by Gasteiger charge is 2.13. The number of hydrogen-bond donors (Lipinski definition) is 1. The molecule has 0 spiro atoms. The second kappa shape index (κ2) is 8.98. The Hall–Kier alpha value is -1.10. The normalized spacial score (nSPS) is 12.3. The van der Waals surface area contributed by atoms with Crippen LogP contribution in [-0.2, 0) is 19.1 Å². The van der Waals surface area contributed by atoms with Crippen molar-refractivity contribution < 1.29 is 24.2 Å². The minimum Gasteiger partial charge on any atom is -0.463 e. The van der Waals surface area contributed by atoms with Crippen molar-refractivity contribution in [1.82, 2.24) is 0 Å². The van der Waals surface area contributed by atoms with Gasteiger partial charge in [0.1, 0.15) is 19.3 Å². The fourth-order valence-corrected chi connectivity index (χ4v) is 0.976. The quantitative estimate of drug-likeness (QED) is 0.653. The van der Waals surface area contributed by atoms with Crippen molar-refractivity contribution in [3.8, 4) is 0 Å². The van der Waals surface area contributed by atoms with Crippen LogP contribution in [0.5, 0.6) is 0 Å². The van der Waals surface area contributed by atoms with Crippen molar-refractivity contribution in [3.63, 3.8) is 0 Å². The first-order valence-electron chi connectivity index (χ1n) is 5.97. The summed E-state index contributed by atoms with van der Waals surface area (Å²) in [7, 11) is 0. The Balaban J connectivity index is 3.62. The Bertz CT molecular complexity index is 237. The van der Waals surface area contributed by atoms with Gasteiger partial charge in [0.05, 0.1) is 5.92 Å². The van der Waals surface area contributed by atoms with Crippen LogP contribution in [0, 0.1) is 5.92 Å². The average molecular weight is 246 g/mol. The van der Waals surface area contributed by atoms with Crippen LogP contribution in [0.4, 0.5) is 0 Å². The lowest BCUT2D eigenvalue weighted by atomic mass is 10.2. The third-order valence-corrected chi connectivity index (χ3v) is 2.06. The highest BCUT2D eigenvalue weighted by atomic mass is 16.6. The zero-order chi connectivity index (χ0) is 13.3. The van der Waals surface area contributed by atoms with Crippen LogP contribution in [0.15, 0.2) is 0 Å². The summed E-state index contributed by atoms with van der Waals surface area (Å²) in [6.07, 6.45) is 1.10. The summed E-state index contributed by atoms with van der Waals surface area (Å²) >= 11 is 0. The number of carbonyl (C=O) groups is 2. The van der Waals surface area contributed by atoms with E-state index in [1.165, 1.54) is 0 Å². The van der Waals surface area contributed by atoms with Gasteiger partial charge in [0.15, 0.2) is 0 Å². The molecular weight excluding hydrogens is 224 g/mol. The molecule has 0 bridgehead atoms. The van der Waals surface area contributed by atoms with Crippen LogP contribution in [-0.4, -0.2) is 36.4 Å². The SMILES string of the molecule is CCCCC(=O)OCC(O)COC(=O)C(C)C. The van der Waals surface area contributed by atoms with Crippen LogP contribution in [0.3, 0.4) is 0 Å². The minimum atomic E-state index is -0.955. The number of carbonyl (C=O) groups excluding carboxylic acids is 2. The van der Waals surface area contributed by atoms with Crippen molar-refractivity contribution in [2.45, 2.75) is 46.1 Å². The molecule has 100 valence electrons. The molecule has 0 heterocycles. The average Bonchev–Trinajstić information content (AvgIpc) is 2.30. The van der Waals surface area contributed by atoms with Gasteiger partial charge in [-0.15, -0.1) is 0 Å². The molecule has 0 aliphatic carbocycles. The molecule has 5 nitrogen and oxygen atoms in total. The van der Waals surface area contributed by atoms with E-state index in [9.17, 15) is 14.7 Å². The summed E-state index contributed by atoms with van der Waals surface area (Å²) in [5.41, 5.74) is 0. The van der Waals surface area contributed by atoms with Gasteiger partial charge in [-0.25, -0.2) is 0 Å². The fourth-order valence-electron chi connectivity index (χ4n) is 0.976. The molecule has 0 amide bonds. The maximum atomic E-state index is 11.1. The Labute approximate surface area is 102 Å². The maximum absolute atomic E-state index is 11.1. The van der Waals surface area contributed by atoms with Gasteiger partial charge in [-0.3, -0.25) is 9.59 Å². The van der Waals surface area contributed by atoms with Crippen molar-refractivity contribution in [1.29, 1.82) is 0 Å². The summed E-state index contributed by atoms with van der Waals surface area (Å²) in [5, 5.41) is 9.40. The number of aliphatic hydroxyl groups is 1. The molecular formula is C12H22O5. The second-order valence-corrected chi connectivity index (χ2v) is 4.23. The molecule has 17 heavy (non-hydrogen) atoms. The predicted octanol–water partition coefficient (Wildman–Crippen LogP) is 1.28. The fraction of sp³-hybridized carbons (Fsp3) is 0.833. The predicted molar refractivity (Wildman–Crippen MR) is 62.3 cm³/mol. The standard InChI is InChI=1S/C12H22O5/c1-4-5-6-11(14)16-7-10(13)8-17-12(15)9(2)3/h9-10,13H,4-8H2,1-3H3. The first-order valence-corrected chi connectivity index (χ1v) is 5.97. The highest BCUT2D eigenvalue weighted by molar-refractivity contribution is 5.71. The van der Waals surface area contributed by atoms with Gasteiger partial charge in [-0.1, -0.05) is 27.2 Å². The number of unbranched alkanes of at least 4 members (excludes halogenated alkanes) is 1. The topological polar surface area (TPSA) is 72.8 Å². The lowest BCUT2D eigenvalue weighted by Gasteiger charge is -2.12. The van der Waals surface area contributed by atoms with Crippen LogP contribution < -0.4 is 0 Å². The molecule has 0 aromatic rings. The molecule has 0 aromatic carbocycles. The monoisotopic (exact) mass is 246 g/mol. The molecule has 0 saturated carbocycles. The zero-order valence-electron chi connectivity index (χ0n) is 10.8. The molecule has 0 aromatic heterocycles. The van der Waals surface area contributed by atoms with Gasteiger partial charge in [-0.05, 0) is 6.42 Å². The van der Waals surface area contributed by atoms with Crippen LogP contribution in [0.25, 0.3) is 0 Å². The van der Waals surface area contributed by atoms with Gasteiger partial charge in [0, 0.05) is 6.42 Å². The largest absolute Gasteiger partial charge is 0.463 e. The molecule has 0 fully saturated rings. The second-order valence-electron chi connectivity index (χ2n) is 4.23. The molecule has 1 N–H and O–H groups in total. The van der Waals surface area contributed by atoms with E-state index in [0.29, 0.717) is 6.42 Å². The Morgan fingerprint density at radius 2 is 1.76 bits per heavy atom. The maximum Gasteiger partial charge on any atom is 0.308 e. The summed E-state index contributed by atoms with van der Waals surface area (Å²) in [6.45, 7) is 5.12. The summed E-state index contributed by atoms with van der Waals surface area (Å²) < 4.78 is 9.62. The summed E-state index contributed by atoms with van der Waals surface area (Å²) in [6, 6.07) is 0. The van der Waals surface area contributed by atoms with Crippen LogP contribution in [0.2, 0.25) is 0 Å². The van der Waals surface area contributed by atoms with Gasteiger partial charge in [-0.2, -0.15) is 0 Å². The molecule has 1 atom stereocenters. The van der Waals surface area contributed by atoms with E-state index < -0.39 is 6.10 Å². The zero-order valence-corrected chi connectivity index (χ0v) is 10.8. The van der Waals surface area contributed by atoms with Crippen molar-refractivity contribution in [3.05, 3.63) is 0 Å². The van der Waals surface area contributed by atoms with Crippen LogP contribution >= 0.6 is 0 Å². The van der Waals surface area contributed by atoms with Gasteiger partial charge < -0.3 is 14.6 Å². The number of aliphatic hydroxyl groups excluding tert-OH is 1. The van der Waals surface area contributed by atoms with Gasteiger partial charge >= 0.3 is 11.9 Å². The molecule has 0 rings (SSSR count). The molecule has 0 aliphatic heterocycles. The Kier molecular flexibility index (Phi) is 8.40. The van der Waals surface area contributed by atoms with Gasteiger partial charge in [0.2, 0.25) is 0 Å². The molecule has 0 radical (unpaired) electrons. The number of rotatable bonds is 8. The van der Waals surface area contributed by atoms with E-state index in [1.807, 2.05) is 6.92 Å². The van der Waals surface area contributed by atoms with Crippen LogP contribution in [0.1, 0.15) is 40.0 Å². The summed E-state index contributed by atoms with van der Waals surface area (Å²) in [5.74, 6) is -0.934. The number of hydrogen-bond acceptors (Lipinski definition) is 5. The third kappa shape index (κ3) is 8.68. The minimum absolute atomic E-state index is 0.131. The molecule has 1 unspecified atom stereocenters. The smallest absolute Gasteiger partial charge is 0.308 e. The van der Waals surface area contributed by atoms with Crippen molar-refractivity contribution in [2.24, 2.45) is 5.92 Å². The number of ether oxygens (including phenoxy) is 2. The van der Waals surface area contributed by atoms with E-state index in [2.05, 4.69) is 0 Å². The molecule has 5 heteroatoms. The van der Waals surface area contributed by atoms with E-state index in [4.69, 9.17) is 9.47 Å². The van der Waals surface area contributed by atoms with E-state index in [-0.39, 0.29) is 31.1 Å². The van der Waals surface area contributed by atoms with Crippen molar-refractivity contribution >= 4 is 11.9 Å². The summed E-state index contributed by atoms with van der Waals surface area (Å²) in [4.78, 5) is 22.2. The first kappa shape index (κ1) is 15.9. The third-order valence-electron chi connectivity index (χ3n) is 2.06. The van der Waals surface area contributed by atoms with E-state index in [1.54, 1.807) is 13.8 Å². The lowest BCUT2D eigenvalue weighted by Crippen LogP contribution is -2.26. The Morgan fingerprint density at radius 3 is 2.29 bits per heavy atom. The number of esters is 2. The Morgan fingerprint density at radius 1 is 1.18 bits per heavy atom. The van der Waals surface area contributed by atoms with E-state index in [0.717, 1.165) is 12.8 Å². The highest BCUT2D eigenvalue weighted by Crippen LogP contribution is 2.00. The first-order chi connectivity index (χ1) is 7.97. The van der Waals surface area contributed by atoms with E-state index >= 15 is 0 Å². The molecule has 0 saturated heterocycles. The molecule has 0 aliphatic rings.